The third kappa shape index (κ3) is 10.8. The molecule has 4 atom stereocenters. The standard InChI is InChI=1S/C35H54N6O5/c1-25(2)14-15-32(42)29(20-26-10-6-4-7-11-26)38-33(43)31(22-28-23-36-24-37-28)40(3)34(44)30(21-27-12-8-5-9-13-27)39-35(45)41-16-18-46-19-17-41/h5,8-9,12-13,23-26,29-32,42H,4,6-7,10-11,14-22H2,1-3H3,(H,36,37)(H,38,43)(H,39,45)/t29-,30-,31-,32-/m0/s1. The van der Waals surface area contributed by atoms with Gasteiger partial charge in [0.25, 0.3) is 0 Å². The fourth-order valence-corrected chi connectivity index (χ4v) is 6.54. The fourth-order valence-electron chi connectivity index (χ4n) is 6.54. The van der Waals surface area contributed by atoms with Gasteiger partial charge in [0.1, 0.15) is 12.1 Å². The predicted octanol–water partition coefficient (Wildman–Crippen LogP) is 3.68. The topological polar surface area (TPSA) is 140 Å². The number of ether oxygens (including phenoxy) is 1. The van der Waals surface area contributed by atoms with Gasteiger partial charge in [-0.15, -0.1) is 0 Å². The summed E-state index contributed by atoms with van der Waals surface area (Å²) in [6.07, 6.45) is 11.0. The number of H-pyrrole nitrogens is 1. The molecule has 4 amide bonds. The van der Waals surface area contributed by atoms with Crippen LogP contribution in [0, 0.1) is 11.8 Å². The Kier molecular flexibility index (Phi) is 13.9. The summed E-state index contributed by atoms with van der Waals surface area (Å²) >= 11 is 0. The van der Waals surface area contributed by atoms with Gasteiger partial charge in [-0.2, -0.15) is 0 Å². The number of carbonyl (C=O) groups is 3. The number of hydrogen-bond acceptors (Lipinski definition) is 6. The highest BCUT2D eigenvalue weighted by Gasteiger charge is 2.36. The van der Waals surface area contributed by atoms with E-state index in [1.165, 1.54) is 24.2 Å². The molecule has 46 heavy (non-hydrogen) atoms. The van der Waals surface area contributed by atoms with Crippen molar-refractivity contribution in [1.29, 1.82) is 0 Å². The number of benzene rings is 1. The molecule has 11 nitrogen and oxygen atoms in total. The van der Waals surface area contributed by atoms with Crippen molar-refractivity contribution in [2.75, 3.05) is 33.4 Å². The van der Waals surface area contributed by atoms with E-state index in [4.69, 9.17) is 4.74 Å². The molecule has 4 rings (SSSR count). The van der Waals surface area contributed by atoms with Crippen molar-refractivity contribution < 1.29 is 24.2 Å². The number of carbonyl (C=O) groups excluding carboxylic acids is 3. The van der Waals surface area contributed by atoms with Gasteiger partial charge in [0.05, 0.1) is 31.7 Å². The number of morpholine rings is 1. The maximum Gasteiger partial charge on any atom is 0.318 e. The summed E-state index contributed by atoms with van der Waals surface area (Å²) < 4.78 is 5.40. The lowest BCUT2D eigenvalue weighted by Gasteiger charge is -2.35. The number of aliphatic hydroxyl groups excluding tert-OH is 1. The Morgan fingerprint density at radius 3 is 2.41 bits per heavy atom. The van der Waals surface area contributed by atoms with E-state index in [9.17, 15) is 19.5 Å². The Morgan fingerprint density at radius 1 is 1.04 bits per heavy atom. The lowest BCUT2D eigenvalue weighted by Crippen LogP contribution is -2.59. The lowest BCUT2D eigenvalue weighted by atomic mass is 9.83. The number of likely N-dealkylation sites (N-methyl/N-ethyl adjacent to an activating group) is 1. The molecule has 0 unspecified atom stereocenters. The van der Waals surface area contributed by atoms with Crippen LogP contribution in [0.2, 0.25) is 0 Å². The third-order valence-corrected chi connectivity index (χ3v) is 9.41. The van der Waals surface area contributed by atoms with Crippen molar-refractivity contribution in [3.05, 3.63) is 54.1 Å². The van der Waals surface area contributed by atoms with Crippen LogP contribution in [0.1, 0.15) is 76.5 Å². The van der Waals surface area contributed by atoms with Gasteiger partial charge in [0, 0.05) is 44.9 Å². The van der Waals surface area contributed by atoms with E-state index in [1.807, 2.05) is 30.3 Å². The first kappa shape index (κ1) is 35.4. The van der Waals surface area contributed by atoms with E-state index >= 15 is 0 Å². The number of imidazole rings is 1. The van der Waals surface area contributed by atoms with Crippen molar-refractivity contribution in [3.63, 3.8) is 0 Å². The number of aromatic amines is 1. The average molecular weight is 639 g/mol. The number of nitrogens with zero attached hydrogens (tertiary/aromatic N) is 3. The normalized spacial score (nSPS) is 18.4. The Balaban J connectivity index is 1.55. The Labute approximate surface area is 273 Å². The minimum atomic E-state index is -0.894. The number of aromatic nitrogens is 2. The van der Waals surface area contributed by atoms with Crippen LogP contribution < -0.4 is 10.6 Å². The maximum atomic E-state index is 14.3. The van der Waals surface area contributed by atoms with Crippen LogP contribution in [-0.2, 0) is 27.2 Å². The molecule has 1 aromatic heterocycles. The number of aliphatic hydroxyl groups is 1. The quantitative estimate of drug-likeness (QED) is 0.235. The highest BCUT2D eigenvalue weighted by atomic mass is 16.5. The van der Waals surface area contributed by atoms with E-state index in [0.717, 1.165) is 24.8 Å². The van der Waals surface area contributed by atoms with Crippen LogP contribution in [0.25, 0.3) is 0 Å². The fraction of sp³-hybridized carbons (Fsp3) is 0.657. The molecule has 254 valence electrons. The van der Waals surface area contributed by atoms with Gasteiger partial charge in [-0.05, 0) is 36.7 Å². The SMILES string of the molecule is CC(C)CC[C@H](O)[C@H](CC1CCCCC1)NC(=O)[C@H](Cc1cnc[nH]1)N(C)C(=O)[C@H](Cc1ccccc1)NC(=O)N1CCOCC1. The molecule has 1 saturated heterocycles. The molecule has 1 aliphatic heterocycles. The average Bonchev–Trinajstić information content (AvgIpc) is 3.59. The largest absolute Gasteiger partial charge is 0.391 e. The summed E-state index contributed by atoms with van der Waals surface area (Å²) in [6.45, 7) is 6.04. The summed E-state index contributed by atoms with van der Waals surface area (Å²) in [4.78, 5) is 52.0. The van der Waals surface area contributed by atoms with Gasteiger partial charge in [0.2, 0.25) is 11.8 Å². The van der Waals surface area contributed by atoms with E-state index in [1.54, 1.807) is 24.5 Å². The Morgan fingerprint density at radius 2 is 1.76 bits per heavy atom. The summed E-state index contributed by atoms with van der Waals surface area (Å²) in [7, 11) is 1.62. The number of amides is 4. The van der Waals surface area contributed by atoms with Crippen LogP contribution in [0.15, 0.2) is 42.9 Å². The van der Waals surface area contributed by atoms with Gasteiger partial charge in [0.15, 0.2) is 0 Å². The van der Waals surface area contributed by atoms with Crippen molar-refractivity contribution in [2.24, 2.45) is 11.8 Å². The minimum absolute atomic E-state index is 0.210. The van der Waals surface area contributed by atoms with E-state index in [-0.39, 0.29) is 30.7 Å². The minimum Gasteiger partial charge on any atom is -0.391 e. The van der Waals surface area contributed by atoms with Crippen LogP contribution in [-0.4, -0.2) is 100 Å². The van der Waals surface area contributed by atoms with E-state index in [2.05, 4.69) is 34.4 Å². The molecule has 1 saturated carbocycles. The van der Waals surface area contributed by atoms with Crippen LogP contribution in [0.4, 0.5) is 4.79 Å². The molecule has 1 aliphatic carbocycles. The molecule has 0 radical (unpaired) electrons. The molecule has 0 spiro atoms. The van der Waals surface area contributed by atoms with E-state index < -0.39 is 24.2 Å². The molecule has 1 aromatic carbocycles. The summed E-state index contributed by atoms with van der Waals surface area (Å²) in [5, 5.41) is 17.5. The van der Waals surface area contributed by atoms with Crippen molar-refractivity contribution in [3.8, 4) is 0 Å². The molecular weight excluding hydrogens is 584 g/mol. The second-order valence-electron chi connectivity index (χ2n) is 13.4. The lowest BCUT2D eigenvalue weighted by molar-refractivity contribution is -0.141. The second kappa shape index (κ2) is 18.0. The maximum absolute atomic E-state index is 14.3. The zero-order valence-corrected chi connectivity index (χ0v) is 27.8. The van der Waals surface area contributed by atoms with Crippen LogP contribution >= 0.6 is 0 Å². The zero-order valence-electron chi connectivity index (χ0n) is 27.8. The first-order valence-corrected chi connectivity index (χ1v) is 17.1. The zero-order chi connectivity index (χ0) is 32.9. The van der Waals surface area contributed by atoms with Gasteiger partial charge in [-0.25, -0.2) is 9.78 Å². The van der Waals surface area contributed by atoms with Gasteiger partial charge < -0.3 is 35.3 Å². The smallest absolute Gasteiger partial charge is 0.318 e. The van der Waals surface area contributed by atoms with Crippen molar-refractivity contribution >= 4 is 17.8 Å². The molecular formula is C35H54N6O5. The van der Waals surface area contributed by atoms with Crippen molar-refractivity contribution in [2.45, 2.75) is 102 Å². The molecule has 4 N–H and O–H groups in total. The summed E-state index contributed by atoms with van der Waals surface area (Å²) in [6, 6.07) is 7.01. The number of urea groups is 1. The van der Waals surface area contributed by atoms with Gasteiger partial charge >= 0.3 is 6.03 Å². The molecule has 2 aliphatic rings. The summed E-state index contributed by atoms with van der Waals surface area (Å²) in [5.74, 6) is 0.192. The molecule has 11 heteroatoms. The Hall–Kier alpha value is -3.44. The number of nitrogens with one attached hydrogen (secondary N) is 3. The molecule has 2 fully saturated rings. The first-order valence-electron chi connectivity index (χ1n) is 17.1. The number of rotatable bonds is 15. The van der Waals surface area contributed by atoms with Crippen LogP contribution in [0.3, 0.4) is 0 Å². The van der Waals surface area contributed by atoms with Crippen molar-refractivity contribution in [1.82, 2.24) is 30.4 Å². The van der Waals surface area contributed by atoms with Gasteiger partial charge in [-0.3, -0.25) is 9.59 Å². The monoisotopic (exact) mass is 638 g/mol. The van der Waals surface area contributed by atoms with Crippen LogP contribution in [0.5, 0.6) is 0 Å². The molecule has 2 aromatic rings. The van der Waals surface area contributed by atoms with E-state index in [0.29, 0.717) is 56.7 Å². The first-order chi connectivity index (χ1) is 22.2. The van der Waals surface area contributed by atoms with Gasteiger partial charge in [-0.1, -0.05) is 76.3 Å². The summed E-state index contributed by atoms with van der Waals surface area (Å²) in [5.41, 5.74) is 1.60. The number of hydrogen-bond donors (Lipinski definition) is 4. The highest BCUT2D eigenvalue weighted by Crippen LogP contribution is 2.29. The third-order valence-electron chi connectivity index (χ3n) is 9.41. The second-order valence-corrected chi connectivity index (χ2v) is 13.4. The molecule has 2 heterocycles. The molecule has 0 bridgehead atoms. The predicted molar refractivity (Wildman–Crippen MR) is 177 cm³/mol. The highest BCUT2D eigenvalue weighted by molar-refractivity contribution is 5.92. The Bertz CT molecular complexity index is 1200.